The van der Waals surface area contributed by atoms with Crippen molar-refractivity contribution < 1.29 is 4.74 Å². The maximum absolute atomic E-state index is 5.40. The average Bonchev–Trinajstić information content (AvgIpc) is 2.42. The third-order valence-electron chi connectivity index (χ3n) is 3.53. The van der Waals surface area contributed by atoms with E-state index in [0.29, 0.717) is 0 Å². The van der Waals surface area contributed by atoms with Crippen LogP contribution in [0.15, 0.2) is 24.3 Å². The monoisotopic (exact) mass is 247 g/mol. The van der Waals surface area contributed by atoms with Gasteiger partial charge in [0.25, 0.3) is 0 Å². The van der Waals surface area contributed by atoms with Gasteiger partial charge in [-0.3, -0.25) is 4.90 Å². The van der Waals surface area contributed by atoms with E-state index >= 15 is 0 Å². The van der Waals surface area contributed by atoms with Crippen LogP contribution >= 0.6 is 0 Å². The van der Waals surface area contributed by atoms with Crippen LogP contribution in [0.5, 0.6) is 5.75 Å². The lowest BCUT2D eigenvalue weighted by molar-refractivity contribution is 0.128. The molecular formula is C15H23N2O. The van der Waals surface area contributed by atoms with E-state index in [2.05, 4.69) is 28.9 Å². The Kier molecular flexibility index (Phi) is 5.02. The molecule has 0 N–H and O–H groups in total. The van der Waals surface area contributed by atoms with Gasteiger partial charge in [-0.25, -0.2) is 0 Å². The molecule has 0 aliphatic carbocycles. The van der Waals surface area contributed by atoms with Gasteiger partial charge in [-0.05, 0) is 19.0 Å². The van der Waals surface area contributed by atoms with Crippen LogP contribution in [0.3, 0.4) is 0 Å². The molecule has 2 rings (SSSR count). The zero-order valence-corrected chi connectivity index (χ0v) is 11.3. The van der Waals surface area contributed by atoms with Crippen LogP contribution in [0.4, 0.5) is 0 Å². The lowest BCUT2D eigenvalue weighted by Crippen LogP contribution is -2.46. The Hall–Kier alpha value is -1.06. The molecule has 1 saturated heterocycles. The summed E-state index contributed by atoms with van der Waals surface area (Å²) in [5.41, 5.74) is 1.28. The molecule has 1 aromatic carbocycles. The van der Waals surface area contributed by atoms with E-state index in [0.717, 1.165) is 51.4 Å². The van der Waals surface area contributed by atoms with E-state index in [4.69, 9.17) is 4.74 Å². The first-order chi connectivity index (χ1) is 8.83. The quantitative estimate of drug-likeness (QED) is 0.792. The molecule has 0 unspecified atom stereocenters. The minimum absolute atomic E-state index is 0.988. The van der Waals surface area contributed by atoms with Crippen molar-refractivity contribution in [1.82, 2.24) is 9.80 Å². The Morgan fingerprint density at radius 1 is 1.11 bits per heavy atom. The van der Waals surface area contributed by atoms with E-state index in [1.807, 2.05) is 12.1 Å². The molecule has 1 aliphatic rings. The number of hydrogen-bond acceptors (Lipinski definition) is 3. The summed E-state index contributed by atoms with van der Waals surface area (Å²) in [6.45, 7) is 10.6. The summed E-state index contributed by atoms with van der Waals surface area (Å²) in [5, 5.41) is 0. The molecule has 18 heavy (non-hydrogen) atoms. The highest BCUT2D eigenvalue weighted by atomic mass is 16.5. The number of hydrogen-bond donors (Lipinski definition) is 0. The van der Waals surface area contributed by atoms with Crippen molar-refractivity contribution in [3.63, 3.8) is 0 Å². The van der Waals surface area contributed by atoms with Crippen molar-refractivity contribution in [3.05, 3.63) is 36.8 Å². The van der Waals surface area contributed by atoms with Crippen molar-refractivity contribution >= 4 is 0 Å². The topological polar surface area (TPSA) is 15.7 Å². The van der Waals surface area contributed by atoms with Gasteiger partial charge in [0.1, 0.15) is 5.75 Å². The van der Waals surface area contributed by atoms with Crippen molar-refractivity contribution in [2.24, 2.45) is 0 Å². The minimum Gasteiger partial charge on any atom is -0.496 e. The first-order valence-electron chi connectivity index (χ1n) is 6.69. The van der Waals surface area contributed by atoms with Gasteiger partial charge in [0.15, 0.2) is 0 Å². The molecule has 1 radical (unpaired) electrons. The second-order valence-electron chi connectivity index (χ2n) is 4.78. The standard InChI is InChI=1S/C15H23N2O/c1-3-8-16-9-11-17(12-10-16)13-14-6-4-5-7-15(14)18-2/h4-7H,1,3,8-13H2,2H3. The highest BCUT2D eigenvalue weighted by molar-refractivity contribution is 5.33. The number of methoxy groups -OCH3 is 1. The normalized spacial score (nSPS) is 17.9. The zero-order chi connectivity index (χ0) is 12.8. The van der Waals surface area contributed by atoms with Crippen LogP contribution in [-0.2, 0) is 6.54 Å². The van der Waals surface area contributed by atoms with Gasteiger partial charge in [-0.2, -0.15) is 0 Å². The van der Waals surface area contributed by atoms with E-state index in [9.17, 15) is 0 Å². The maximum Gasteiger partial charge on any atom is 0.123 e. The molecule has 1 heterocycles. The Morgan fingerprint density at radius 3 is 2.44 bits per heavy atom. The highest BCUT2D eigenvalue weighted by Gasteiger charge is 2.17. The average molecular weight is 247 g/mol. The van der Waals surface area contributed by atoms with Gasteiger partial charge in [0.05, 0.1) is 7.11 Å². The Bertz CT molecular complexity index is 359. The molecule has 0 saturated carbocycles. The summed E-state index contributed by atoms with van der Waals surface area (Å²) in [7, 11) is 1.74. The van der Waals surface area contributed by atoms with E-state index in [-0.39, 0.29) is 0 Å². The number of rotatable bonds is 5. The third-order valence-corrected chi connectivity index (χ3v) is 3.53. The predicted octanol–water partition coefficient (Wildman–Crippen LogP) is 2.04. The fourth-order valence-corrected chi connectivity index (χ4v) is 2.47. The maximum atomic E-state index is 5.40. The highest BCUT2D eigenvalue weighted by Crippen LogP contribution is 2.19. The van der Waals surface area contributed by atoms with Crippen LogP contribution in [0.1, 0.15) is 12.0 Å². The summed E-state index contributed by atoms with van der Waals surface area (Å²) in [5.74, 6) is 0.998. The smallest absolute Gasteiger partial charge is 0.123 e. The molecule has 1 aromatic rings. The first-order valence-corrected chi connectivity index (χ1v) is 6.69. The van der Waals surface area contributed by atoms with Gasteiger partial charge in [0, 0.05) is 38.3 Å². The Labute approximate surface area is 110 Å². The Morgan fingerprint density at radius 2 is 1.78 bits per heavy atom. The van der Waals surface area contributed by atoms with E-state index < -0.39 is 0 Å². The largest absolute Gasteiger partial charge is 0.496 e. The summed E-state index contributed by atoms with van der Waals surface area (Å²) in [4.78, 5) is 4.99. The summed E-state index contributed by atoms with van der Waals surface area (Å²) in [6, 6.07) is 8.29. The minimum atomic E-state index is 0.988. The molecule has 1 fully saturated rings. The lowest BCUT2D eigenvalue weighted by Gasteiger charge is -2.34. The molecule has 3 heteroatoms. The lowest BCUT2D eigenvalue weighted by atomic mass is 10.1. The molecule has 0 spiro atoms. The Balaban J connectivity index is 1.87. The molecule has 0 atom stereocenters. The molecular weight excluding hydrogens is 224 g/mol. The van der Waals surface area contributed by atoms with Gasteiger partial charge in [0.2, 0.25) is 0 Å². The molecule has 3 nitrogen and oxygen atoms in total. The number of benzene rings is 1. The van der Waals surface area contributed by atoms with Gasteiger partial charge in [-0.15, -0.1) is 0 Å². The van der Waals surface area contributed by atoms with Crippen LogP contribution in [0.2, 0.25) is 0 Å². The third kappa shape index (κ3) is 3.47. The van der Waals surface area contributed by atoms with Crippen LogP contribution in [-0.4, -0.2) is 49.6 Å². The van der Waals surface area contributed by atoms with Crippen molar-refractivity contribution in [2.45, 2.75) is 13.0 Å². The zero-order valence-electron chi connectivity index (χ0n) is 11.3. The van der Waals surface area contributed by atoms with Crippen LogP contribution in [0.25, 0.3) is 0 Å². The second kappa shape index (κ2) is 6.76. The van der Waals surface area contributed by atoms with Gasteiger partial charge < -0.3 is 9.64 Å². The number of nitrogens with zero attached hydrogens (tertiary/aromatic N) is 2. The predicted molar refractivity (Wildman–Crippen MR) is 74.7 cm³/mol. The second-order valence-corrected chi connectivity index (χ2v) is 4.78. The van der Waals surface area contributed by atoms with E-state index in [1.165, 1.54) is 5.56 Å². The summed E-state index contributed by atoms with van der Waals surface area (Å²) in [6.07, 6.45) is 1.01. The summed E-state index contributed by atoms with van der Waals surface area (Å²) < 4.78 is 5.40. The first kappa shape index (κ1) is 13.4. The fraction of sp³-hybridized carbons (Fsp3) is 0.533. The van der Waals surface area contributed by atoms with Crippen LogP contribution in [0, 0.1) is 6.92 Å². The summed E-state index contributed by atoms with van der Waals surface area (Å²) >= 11 is 0. The van der Waals surface area contributed by atoms with Crippen LogP contribution < -0.4 is 4.74 Å². The molecule has 0 amide bonds. The molecule has 99 valence electrons. The number of ether oxygens (including phenoxy) is 1. The van der Waals surface area contributed by atoms with Gasteiger partial charge >= 0.3 is 0 Å². The number of piperazine rings is 1. The molecule has 0 aromatic heterocycles. The SMILES string of the molecule is [CH2]CCN1CCN(Cc2ccccc2OC)CC1. The van der Waals surface area contributed by atoms with Crippen molar-refractivity contribution in [3.8, 4) is 5.75 Å². The molecule has 1 aliphatic heterocycles. The molecule has 0 bridgehead atoms. The van der Waals surface area contributed by atoms with E-state index in [1.54, 1.807) is 7.11 Å². The van der Waals surface area contributed by atoms with Crippen molar-refractivity contribution in [2.75, 3.05) is 39.8 Å². The van der Waals surface area contributed by atoms with Gasteiger partial charge in [-0.1, -0.05) is 25.1 Å². The van der Waals surface area contributed by atoms with Crippen molar-refractivity contribution in [1.29, 1.82) is 0 Å². The number of para-hydroxylation sites is 1. The fourth-order valence-electron chi connectivity index (χ4n) is 2.47.